The summed E-state index contributed by atoms with van der Waals surface area (Å²) in [7, 11) is 0. The molecule has 0 aromatic carbocycles. The van der Waals surface area contributed by atoms with E-state index in [1.54, 1.807) is 0 Å². The molecule has 0 spiro atoms. The second kappa shape index (κ2) is 4.18. The number of nitrogens with two attached hydrogens (primary N) is 1. The summed E-state index contributed by atoms with van der Waals surface area (Å²) in [6.45, 7) is 5.12. The molecule has 1 saturated carbocycles. The molecule has 1 saturated heterocycles. The number of rotatable bonds is 2. The van der Waals surface area contributed by atoms with Crippen LogP contribution in [0.4, 0.5) is 0 Å². The summed E-state index contributed by atoms with van der Waals surface area (Å²) in [5.74, 6) is 1.18. The molecule has 90 valence electrons. The van der Waals surface area contributed by atoms with E-state index in [1.165, 1.54) is 0 Å². The Labute approximate surface area is 106 Å². The molecule has 1 aliphatic carbocycles. The van der Waals surface area contributed by atoms with E-state index in [9.17, 15) is 4.79 Å². The Kier molecular flexibility index (Phi) is 3.18. The van der Waals surface area contributed by atoms with Gasteiger partial charge >= 0.3 is 0 Å². The van der Waals surface area contributed by atoms with Crippen LogP contribution in [0.15, 0.2) is 0 Å². The largest absolute Gasteiger partial charge is 0.392 e. The fourth-order valence-corrected chi connectivity index (χ4v) is 3.58. The molecule has 2 unspecified atom stereocenters. The lowest BCUT2D eigenvalue weighted by Gasteiger charge is -2.39. The standard InChI is InChI=1S/C11H18N2OS2/c1-7-8(2)16-6-5-13(7)10(14)11(3-4-11)9(12)15/h7-8H,3-6H2,1-2H3,(H2,12,15). The lowest BCUT2D eigenvalue weighted by Crippen LogP contribution is -2.52. The number of carbonyl (C=O) groups is 1. The predicted octanol–water partition coefficient (Wildman–Crippen LogP) is 1.41. The fraction of sp³-hybridized carbons (Fsp3) is 0.818. The first kappa shape index (κ1) is 12.2. The van der Waals surface area contributed by atoms with Gasteiger partial charge in [-0.15, -0.1) is 0 Å². The van der Waals surface area contributed by atoms with Gasteiger partial charge in [0.25, 0.3) is 0 Å². The van der Waals surface area contributed by atoms with Gasteiger partial charge in [0, 0.05) is 23.6 Å². The first-order chi connectivity index (χ1) is 7.49. The maximum absolute atomic E-state index is 12.4. The van der Waals surface area contributed by atoms with Crippen molar-refractivity contribution in [2.24, 2.45) is 11.1 Å². The lowest BCUT2D eigenvalue weighted by molar-refractivity contribution is -0.136. The second-order valence-corrected chi connectivity index (χ2v) is 6.69. The number of hydrogen-bond donors (Lipinski definition) is 1. The van der Waals surface area contributed by atoms with Crippen molar-refractivity contribution in [3.63, 3.8) is 0 Å². The minimum atomic E-state index is -0.481. The molecule has 1 amide bonds. The van der Waals surface area contributed by atoms with Gasteiger partial charge in [0.05, 0.1) is 10.4 Å². The number of hydrogen-bond acceptors (Lipinski definition) is 3. The summed E-state index contributed by atoms with van der Waals surface area (Å²) in [6, 6.07) is 0.290. The van der Waals surface area contributed by atoms with Crippen molar-refractivity contribution in [2.45, 2.75) is 38.0 Å². The first-order valence-electron chi connectivity index (χ1n) is 5.71. The monoisotopic (exact) mass is 258 g/mol. The van der Waals surface area contributed by atoms with Crippen LogP contribution in [0, 0.1) is 5.41 Å². The minimum Gasteiger partial charge on any atom is -0.392 e. The summed E-state index contributed by atoms with van der Waals surface area (Å²) >= 11 is 6.96. The lowest BCUT2D eigenvalue weighted by atomic mass is 10.0. The molecule has 2 atom stereocenters. The van der Waals surface area contributed by atoms with Crippen LogP contribution in [-0.2, 0) is 4.79 Å². The highest BCUT2D eigenvalue weighted by atomic mass is 32.2. The smallest absolute Gasteiger partial charge is 0.235 e. The molecular formula is C11H18N2OS2. The normalized spacial score (nSPS) is 32.2. The summed E-state index contributed by atoms with van der Waals surface area (Å²) in [5, 5.41) is 0.500. The van der Waals surface area contributed by atoms with Crippen molar-refractivity contribution in [1.82, 2.24) is 4.90 Å². The van der Waals surface area contributed by atoms with Crippen LogP contribution in [0.3, 0.4) is 0 Å². The average Bonchev–Trinajstić information content (AvgIpc) is 3.02. The molecule has 2 aliphatic rings. The van der Waals surface area contributed by atoms with Gasteiger partial charge in [0.2, 0.25) is 5.91 Å². The van der Waals surface area contributed by atoms with Gasteiger partial charge < -0.3 is 10.6 Å². The summed E-state index contributed by atoms with van der Waals surface area (Å²) < 4.78 is 0. The van der Waals surface area contributed by atoms with Crippen LogP contribution in [0.25, 0.3) is 0 Å². The van der Waals surface area contributed by atoms with Crippen molar-refractivity contribution in [1.29, 1.82) is 0 Å². The molecule has 16 heavy (non-hydrogen) atoms. The highest BCUT2D eigenvalue weighted by Gasteiger charge is 2.55. The van der Waals surface area contributed by atoms with Crippen LogP contribution < -0.4 is 5.73 Å². The molecule has 0 radical (unpaired) electrons. The van der Waals surface area contributed by atoms with Crippen molar-refractivity contribution in [2.75, 3.05) is 12.3 Å². The van der Waals surface area contributed by atoms with Crippen molar-refractivity contribution in [3.05, 3.63) is 0 Å². The van der Waals surface area contributed by atoms with Crippen LogP contribution in [-0.4, -0.2) is 39.4 Å². The zero-order valence-electron chi connectivity index (χ0n) is 9.73. The van der Waals surface area contributed by atoms with Gasteiger partial charge in [-0.05, 0) is 19.8 Å². The van der Waals surface area contributed by atoms with E-state index in [2.05, 4.69) is 13.8 Å². The summed E-state index contributed by atoms with van der Waals surface area (Å²) in [4.78, 5) is 14.8. The molecule has 3 nitrogen and oxygen atoms in total. The third kappa shape index (κ3) is 1.84. The SMILES string of the molecule is CC1SCCN(C(=O)C2(C(N)=S)CC2)C1C. The molecule has 0 aromatic heterocycles. The van der Waals surface area contributed by atoms with Crippen LogP contribution >= 0.6 is 24.0 Å². The fourth-order valence-electron chi connectivity index (χ4n) is 2.19. The Morgan fingerprint density at radius 3 is 2.62 bits per heavy atom. The Morgan fingerprint density at radius 2 is 2.12 bits per heavy atom. The van der Waals surface area contributed by atoms with Gasteiger partial charge in [-0.2, -0.15) is 11.8 Å². The molecule has 1 aliphatic heterocycles. The molecule has 2 N–H and O–H groups in total. The molecule has 0 bridgehead atoms. The minimum absolute atomic E-state index is 0.166. The Hall–Kier alpha value is -0.290. The number of thioether (sulfide) groups is 1. The van der Waals surface area contributed by atoms with Gasteiger partial charge in [-0.25, -0.2) is 0 Å². The molecule has 2 rings (SSSR count). The third-order valence-electron chi connectivity index (χ3n) is 3.78. The second-order valence-electron chi connectivity index (χ2n) is 4.76. The average molecular weight is 258 g/mol. The highest BCUT2D eigenvalue weighted by molar-refractivity contribution is 8.00. The number of carbonyl (C=O) groups excluding carboxylic acids is 1. The maximum atomic E-state index is 12.4. The quantitative estimate of drug-likeness (QED) is 0.761. The van der Waals surface area contributed by atoms with E-state index in [0.29, 0.717) is 10.2 Å². The Balaban J connectivity index is 2.13. The topological polar surface area (TPSA) is 46.3 Å². The summed E-state index contributed by atoms with van der Waals surface area (Å²) in [6.07, 6.45) is 1.68. The number of nitrogens with zero attached hydrogens (tertiary/aromatic N) is 1. The van der Waals surface area contributed by atoms with E-state index in [1.807, 2.05) is 16.7 Å². The molecule has 2 fully saturated rings. The van der Waals surface area contributed by atoms with Crippen molar-refractivity contribution in [3.8, 4) is 0 Å². The van der Waals surface area contributed by atoms with E-state index < -0.39 is 5.41 Å². The first-order valence-corrected chi connectivity index (χ1v) is 7.17. The van der Waals surface area contributed by atoms with Gasteiger partial charge in [0.1, 0.15) is 0 Å². The van der Waals surface area contributed by atoms with Gasteiger partial charge in [0.15, 0.2) is 0 Å². The van der Waals surface area contributed by atoms with E-state index in [0.717, 1.165) is 25.1 Å². The van der Waals surface area contributed by atoms with Crippen LogP contribution in [0.2, 0.25) is 0 Å². The van der Waals surface area contributed by atoms with Gasteiger partial charge in [-0.3, -0.25) is 4.79 Å². The predicted molar refractivity (Wildman–Crippen MR) is 71.5 cm³/mol. The molecule has 1 heterocycles. The zero-order valence-corrected chi connectivity index (χ0v) is 11.4. The molecule has 0 aromatic rings. The third-order valence-corrected chi connectivity index (χ3v) is 5.50. The van der Waals surface area contributed by atoms with E-state index in [4.69, 9.17) is 18.0 Å². The number of thiocarbonyl (C=S) groups is 1. The zero-order chi connectivity index (χ0) is 11.9. The molecular weight excluding hydrogens is 240 g/mol. The van der Waals surface area contributed by atoms with Crippen LogP contribution in [0.5, 0.6) is 0 Å². The highest BCUT2D eigenvalue weighted by Crippen LogP contribution is 2.48. The maximum Gasteiger partial charge on any atom is 0.235 e. The molecule has 5 heteroatoms. The Bertz CT molecular complexity index is 328. The van der Waals surface area contributed by atoms with E-state index >= 15 is 0 Å². The van der Waals surface area contributed by atoms with E-state index in [-0.39, 0.29) is 11.9 Å². The Morgan fingerprint density at radius 1 is 1.50 bits per heavy atom. The van der Waals surface area contributed by atoms with Gasteiger partial charge in [-0.1, -0.05) is 19.1 Å². The summed E-state index contributed by atoms with van der Waals surface area (Å²) in [5.41, 5.74) is 5.22. The van der Waals surface area contributed by atoms with Crippen molar-refractivity contribution >= 4 is 34.9 Å². The van der Waals surface area contributed by atoms with Crippen LogP contribution in [0.1, 0.15) is 26.7 Å². The van der Waals surface area contributed by atoms with Crippen molar-refractivity contribution < 1.29 is 4.79 Å². The number of amides is 1.